The van der Waals surface area contributed by atoms with Crippen LogP contribution in [0.25, 0.3) is 0 Å². The van der Waals surface area contributed by atoms with Crippen molar-refractivity contribution in [1.82, 2.24) is 4.90 Å². The normalized spacial score (nSPS) is 18.4. The average Bonchev–Trinajstić information content (AvgIpc) is 2.83. The Morgan fingerprint density at radius 1 is 1.42 bits per heavy atom. The van der Waals surface area contributed by atoms with Crippen molar-refractivity contribution in [3.8, 4) is 5.75 Å². The Balaban J connectivity index is 2.20. The number of rotatable bonds is 2. The molecule has 0 bridgehead atoms. The standard InChI is InChI=1S/C14H17NO4/c1-9-5-6-15(8-9)13(17)10-3-4-11(12(16)7-10)14(18)19-2/h3-4,7,9,16H,5-6,8H2,1-2H3. The van der Waals surface area contributed by atoms with Crippen molar-refractivity contribution in [3.63, 3.8) is 0 Å². The number of aromatic hydroxyl groups is 1. The van der Waals surface area contributed by atoms with E-state index in [2.05, 4.69) is 11.7 Å². The summed E-state index contributed by atoms with van der Waals surface area (Å²) in [5, 5.41) is 9.76. The van der Waals surface area contributed by atoms with E-state index >= 15 is 0 Å². The molecule has 0 saturated carbocycles. The Labute approximate surface area is 111 Å². The van der Waals surface area contributed by atoms with Gasteiger partial charge in [-0.2, -0.15) is 0 Å². The molecule has 0 aromatic heterocycles. The van der Waals surface area contributed by atoms with Crippen LogP contribution in [-0.2, 0) is 4.74 Å². The molecule has 1 fully saturated rings. The molecule has 102 valence electrons. The highest BCUT2D eigenvalue weighted by Gasteiger charge is 2.25. The zero-order valence-electron chi connectivity index (χ0n) is 11.0. The molecule has 1 heterocycles. The van der Waals surface area contributed by atoms with E-state index in [4.69, 9.17) is 0 Å². The van der Waals surface area contributed by atoms with Crippen LogP contribution in [0.5, 0.6) is 5.75 Å². The summed E-state index contributed by atoms with van der Waals surface area (Å²) in [5.74, 6) is -0.459. The molecule has 1 aromatic rings. The number of nitrogens with zero attached hydrogens (tertiary/aromatic N) is 1. The molecular weight excluding hydrogens is 246 g/mol. The van der Waals surface area contributed by atoms with Crippen molar-refractivity contribution < 1.29 is 19.4 Å². The summed E-state index contributed by atoms with van der Waals surface area (Å²) in [6.45, 7) is 3.57. The quantitative estimate of drug-likeness (QED) is 0.824. The van der Waals surface area contributed by atoms with Crippen molar-refractivity contribution in [2.75, 3.05) is 20.2 Å². The lowest BCUT2D eigenvalue weighted by atomic mass is 10.1. The molecule has 1 atom stereocenters. The highest BCUT2D eigenvalue weighted by Crippen LogP contribution is 2.23. The second-order valence-electron chi connectivity index (χ2n) is 4.87. The number of amides is 1. The maximum atomic E-state index is 12.2. The summed E-state index contributed by atoms with van der Waals surface area (Å²) in [6, 6.07) is 4.27. The van der Waals surface area contributed by atoms with Crippen LogP contribution < -0.4 is 0 Å². The first kappa shape index (κ1) is 13.4. The molecule has 1 N–H and O–H groups in total. The van der Waals surface area contributed by atoms with Gasteiger partial charge < -0.3 is 14.7 Å². The largest absolute Gasteiger partial charge is 0.507 e. The lowest BCUT2D eigenvalue weighted by Crippen LogP contribution is -2.28. The molecule has 5 nitrogen and oxygen atoms in total. The Kier molecular flexibility index (Phi) is 3.74. The first-order valence-corrected chi connectivity index (χ1v) is 6.23. The molecule has 1 aliphatic heterocycles. The molecule has 5 heteroatoms. The smallest absolute Gasteiger partial charge is 0.341 e. The number of carbonyl (C=O) groups excluding carboxylic acids is 2. The number of phenolic OH excluding ortho intramolecular Hbond substituents is 1. The Morgan fingerprint density at radius 3 is 2.68 bits per heavy atom. The molecule has 0 spiro atoms. The minimum absolute atomic E-state index is 0.0637. The molecule has 2 rings (SSSR count). The molecule has 1 unspecified atom stereocenters. The van der Waals surface area contributed by atoms with Crippen LogP contribution in [-0.4, -0.2) is 42.1 Å². The molecule has 0 radical (unpaired) electrons. The van der Waals surface area contributed by atoms with Gasteiger partial charge in [0.25, 0.3) is 5.91 Å². The average molecular weight is 263 g/mol. The summed E-state index contributed by atoms with van der Waals surface area (Å²) in [4.78, 5) is 25.3. The number of benzene rings is 1. The van der Waals surface area contributed by atoms with E-state index in [1.807, 2.05) is 0 Å². The van der Waals surface area contributed by atoms with Crippen LogP contribution in [0.15, 0.2) is 18.2 Å². The number of likely N-dealkylation sites (tertiary alicyclic amines) is 1. The third kappa shape index (κ3) is 2.70. The van der Waals surface area contributed by atoms with E-state index in [0.717, 1.165) is 19.5 Å². The van der Waals surface area contributed by atoms with Crippen LogP contribution in [0.1, 0.15) is 34.1 Å². The molecule has 19 heavy (non-hydrogen) atoms. The summed E-state index contributed by atoms with van der Waals surface area (Å²) < 4.78 is 4.54. The van der Waals surface area contributed by atoms with Crippen LogP contribution in [0.4, 0.5) is 0 Å². The number of hydrogen-bond acceptors (Lipinski definition) is 4. The maximum Gasteiger partial charge on any atom is 0.341 e. The summed E-state index contributed by atoms with van der Waals surface area (Å²) in [6.07, 6.45) is 0.998. The van der Waals surface area contributed by atoms with E-state index in [-0.39, 0.29) is 17.2 Å². The predicted octanol–water partition coefficient (Wildman–Crippen LogP) is 1.66. The first-order chi connectivity index (χ1) is 9.02. The van der Waals surface area contributed by atoms with Crippen molar-refractivity contribution in [2.45, 2.75) is 13.3 Å². The summed E-state index contributed by atoms with van der Waals surface area (Å²) in [5.41, 5.74) is 0.452. The Bertz CT molecular complexity index is 512. The minimum Gasteiger partial charge on any atom is -0.507 e. The predicted molar refractivity (Wildman–Crippen MR) is 69.1 cm³/mol. The van der Waals surface area contributed by atoms with Gasteiger partial charge in [-0.3, -0.25) is 4.79 Å². The van der Waals surface area contributed by atoms with E-state index in [1.54, 1.807) is 4.90 Å². The van der Waals surface area contributed by atoms with Gasteiger partial charge in [0.05, 0.1) is 7.11 Å². The fourth-order valence-electron chi connectivity index (χ4n) is 2.25. The second kappa shape index (κ2) is 5.30. The van der Waals surface area contributed by atoms with Crippen LogP contribution >= 0.6 is 0 Å². The van der Waals surface area contributed by atoms with Gasteiger partial charge in [0.2, 0.25) is 0 Å². The third-order valence-corrected chi connectivity index (χ3v) is 3.36. The van der Waals surface area contributed by atoms with Crippen molar-refractivity contribution in [3.05, 3.63) is 29.3 Å². The van der Waals surface area contributed by atoms with Crippen LogP contribution in [0, 0.1) is 5.92 Å². The van der Waals surface area contributed by atoms with Crippen molar-refractivity contribution >= 4 is 11.9 Å². The van der Waals surface area contributed by atoms with E-state index < -0.39 is 5.97 Å². The number of phenols is 1. The van der Waals surface area contributed by atoms with Gasteiger partial charge in [0, 0.05) is 18.7 Å². The van der Waals surface area contributed by atoms with Crippen molar-refractivity contribution in [2.24, 2.45) is 5.92 Å². The van der Waals surface area contributed by atoms with Gasteiger partial charge in [-0.05, 0) is 30.5 Å². The van der Waals surface area contributed by atoms with E-state index in [0.29, 0.717) is 11.5 Å². The molecule has 1 aromatic carbocycles. The lowest BCUT2D eigenvalue weighted by Gasteiger charge is -2.16. The number of methoxy groups -OCH3 is 1. The Hall–Kier alpha value is -2.04. The maximum absolute atomic E-state index is 12.2. The second-order valence-corrected chi connectivity index (χ2v) is 4.87. The summed E-state index contributed by atoms with van der Waals surface area (Å²) >= 11 is 0. The molecule has 1 saturated heterocycles. The molecule has 1 amide bonds. The van der Waals surface area contributed by atoms with Crippen LogP contribution in [0.2, 0.25) is 0 Å². The Morgan fingerprint density at radius 2 is 2.16 bits per heavy atom. The van der Waals surface area contributed by atoms with Gasteiger partial charge >= 0.3 is 5.97 Å². The zero-order chi connectivity index (χ0) is 14.0. The van der Waals surface area contributed by atoms with Crippen molar-refractivity contribution in [1.29, 1.82) is 0 Å². The SMILES string of the molecule is COC(=O)c1ccc(C(=O)N2CCC(C)C2)cc1O. The number of carbonyl (C=O) groups is 2. The lowest BCUT2D eigenvalue weighted by molar-refractivity contribution is 0.0596. The fraction of sp³-hybridized carbons (Fsp3) is 0.429. The number of ether oxygens (including phenoxy) is 1. The third-order valence-electron chi connectivity index (χ3n) is 3.36. The van der Waals surface area contributed by atoms with Gasteiger partial charge in [0.15, 0.2) is 0 Å². The highest BCUT2D eigenvalue weighted by atomic mass is 16.5. The minimum atomic E-state index is -0.619. The van der Waals surface area contributed by atoms with Crippen LogP contribution in [0.3, 0.4) is 0 Å². The molecule has 1 aliphatic rings. The number of esters is 1. The zero-order valence-corrected chi connectivity index (χ0v) is 11.0. The van der Waals surface area contributed by atoms with E-state index in [9.17, 15) is 14.7 Å². The first-order valence-electron chi connectivity index (χ1n) is 6.23. The van der Waals surface area contributed by atoms with Gasteiger partial charge in [-0.1, -0.05) is 6.92 Å². The monoisotopic (exact) mass is 263 g/mol. The topological polar surface area (TPSA) is 66.8 Å². The van der Waals surface area contributed by atoms with E-state index in [1.165, 1.54) is 25.3 Å². The fourth-order valence-corrected chi connectivity index (χ4v) is 2.25. The molecule has 0 aliphatic carbocycles. The number of hydrogen-bond donors (Lipinski definition) is 1. The highest BCUT2D eigenvalue weighted by molar-refractivity contribution is 5.98. The van der Waals surface area contributed by atoms with Gasteiger partial charge in [0.1, 0.15) is 11.3 Å². The van der Waals surface area contributed by atoms with Gasteiger partial charge in [-0.15, -0.1) is 0 Å². The molecular formula is C14H17NO4. The summed E-state index contributed by atoms with van der Waals surface area (Å²) in [7, 11) is 1.24. The van der Waals surface area contributed by atoms with Gasteiger partial charge in [-0.25, -0.2) is 4.79 Å².